The molecule has 0 saturated carbocycles. The molecule has 0 aliphatic heterocycles. The van der Waals surface area contributed by atoms with Crippen LogP contribution in [0.25, 0.3) is 44.4 Å². The van der Waals surface area contributed by atoms with E-state index in [-0.39, 0.29) is 21.1 Å². The van der Waals surface area contributed by atoms with Crippen LogP contribution < -0.4 is 4.74 Å². The quantitative estimate of drug-likeness (QED) is 0.0963. The molecule has 0 bridgehead atoms. The number of ether oxygens (including phenoxy) is 1. The van der Waals surface area contributed by atoms with Crippen molar-refractivity contribution in [3.63, 3.8) is 0 Å². The van der Waals surface area contributed by atoms with Gasteiger partial charge in [-0.25, -0.2) is 4.98 Å². The Morgan fingerprint density at radius 2 is 1.62 bits per heavy atom. The number of pyridine rings is 1. The van der Waals surface area contributed by atoms with Gasteiger partial charge in [0.1, 0.15) is 5.82 Å². The Labute approximate surface area is 310 Å². The van der Waals surface area contributed by atoms with Crippen molar-refractivity contribution in [2.45, 2.75) is 73.6 Å². The van der Waals surface area contributed by atoms with E-state index in [1.165, 1.54) is 29.4 Å². The van der Waals surface area contributed by atoms with Crippen molar-refractivity contribution in [2.24, 2.45) is 5.92 Å². The predicted molar refractivity (Wildman–Crippen MR) is 201 cm³/mol. The number of aryl methyl sites for hydroxylation is 3. The number of fused-ring (bicyclic) bond motifs is 3. The maximum atomic E-state index is 6.66. The third kappa shape index (κ3) is 7.21. The number of benzene rings is 4. The molecule has 0 aliphatic rings. The first kappa shape index (κ1) is 35.4. The van der Waals surface area contributed by atoms with Gasteiger partial charge < -0.3 is 9.30 Å². The van der Waals surface area contributed by atoms with Gasteiger partial charge in [-0.2, -0.15) is 16.7 Å². The van der Waals surface area contributed by atoms with Crippen molar-refractivity contribution in [3.05, 3.63) is 131 Å². The summed E-state index contributed by atoms with van der Waals surface area (Å²) < 4.78 is 10.9. The molecule has 0 aliphatic carbocycles. The Morgan fingerprint density at radius 1 is 0.800 bits per heavy atom. The van der Waals surface area contributed by atoms with E-state index in [4.69, 9.17) is 14.8 Å². The summed E-state index contributed by atoms with van der Waals surface area (Å²) in [6, 6.07) is 37.2. The van der Waals surface area contributed by atoms with Crippen molar-refractivity contribution in [1.82, 2.24) is 19.3 Å². The van der Waals surface area contributed by atoms with Gasteiger partial charge >= 0.3 is 21.1 Å². The van der Waals surface area contributed by atoms with Gasteiger partial charge in [-0.05, 0) is 79.1 Å². The molecule has 50 heavy (non-hydrogen) atoms. The number of nitrogens with zero attached hydrogens (tertiary/aromatic N) is 4. The minimum Gasteiger partial charge on any atom is -0.509 e. The van der Waals surface area contributed by atoms with E-state index >= 15 is 0 Å². The van der Waals surface area contributed by atoms with Gasteiger partial charge in [0.2, 0.25) is 0 Å². The van der Waals surface area contributed by atoms with Gasteiger partial charge in [0.25, 0.3) is 0 Å². The second kappa shape index (κ2) is 15.2. The summed E-state index contributed by atoms with van der Waals surface area (Å²) in [5, 5.41) is 7.33. The standard InChI is InChI=1S/C44H44N4O.Pt/c1-7-8-10-13-33-24-36(48-32(6)44(31(5)46-48)35-14-11-9-12-15-35)27-38(25-33)49-37-17-18-39-40-26-34(22-29(2)3)16-19-41(40)47(42(39)28-37)43-23-30(4)20-21-45-43;/h9,11-12,14-21,23-26,29H,7-8,10,13,22H2,1-6H3;/q-2;+2. The summed E-state index contributed by atoms with van der Waals surface area (Å²) >= 11 is 0. The average Bonchev–Trinajstić information content (AvgIpc) is 3.57. The molecule has 3 heterocycles. The SMILES string of the molecule is CCCCCc1cc(Oc2[c-]c3c(cc2)c2cc(CC(C)C)ccc2n3-c2cc(C)ccn2)[c-]c(-n2nc(C)c(-c3ccccc3)c2C)c1.[Pt+2]. The van der Waals surface area contributed by atoms with E-state index < -0.39 is 0 Å². The Kier molecular flexibility index (Phi) is 10.7. The summed E-state index contributed by atoms with van der Waals surface area (Å²) in [5.41, 5.74) is 11.0. The number of rotatable bonds is 11. The van der Waals surface area contributed by atoms with Crippen LogP contribution in [0.5, 0.6) is 11.5 Å². The zero-order valence-corrected chi connectivity index (χ0v) is 32.1. The molecule has 256 valence electrons. The smallest absolute Gasteiger partial charge is 0.509 e. The van der Waals surface area contributed by atoms with Crippen molar-refractivity contribution in [2.75, 3.05) is 0 Å². The van der Waals surface area contributed by atoms with Gasteiger partial charge in [0, 0.05) is 34.5 Å². The van der Waals surface area contributed by atoms with Crippen LogP contribution in [0.4, 0.5) is 0 Å². The minimum absolute atomic E-state index is 0. The summed E-state index contributed by atoms with van der Waals surface area (Å²) in [6.45, 7) is 13.1. The fourth-order valence-corrected chi connectivity index (χ4v) is 7.00. The topological polar surface area (TPSA) is 44.9 Å². The van der Waals surface area contributed by atoms with Gasteiger partial charge in [0.15, 0.2) is 0 Å². The first-order chi connectivity index (χ1) is 23.8. The largest absolute Gasteiger partial charge is 2.00 e. The van der Waals surface area contributed by atoms with E-state index in [1.54, 1.807) is 0 Å². The minimum atomic E-state index is 0. The molecule has 0 atom stereocenters. The normalized spacial score (nSPS) is 11.4. The Balaban J connectivity index is 0.00000432. The molecule has 0 spiro atoms. The third-order valence-corrected chi connectivity index (χ3v) is 9.25. The van der Waals surface area contributed by atoms with Crippen LogP contribution in [0.15, 0.2) is 91.1 Å². The third-order valence-electron chi connectivity index (χ3n) is 9.25. The van der Waals surface area contributed by atoms with Crippen LogP contribution >= 0.6 is 0 Å². The molecular weight excluding hydrogens is 796 g/mol. The molecule has 0 unspecified atom stereocenters. The van der Waals surface area contributed by atoms with Crippen LogP contribution in [-0.4, -0.2) is 19.3 Å². The number of hydrogen-bond donors (Lipinski definition) is 0. The number of aromatic nitrogens is 4. The fourth-order valence-electron chi connectivity index (χ4n) is 7.00. The molecule has 4 aromatic carbocycles. The Hall–Kier alpha value is -4.47. The van der Waals surface area contributed by atoms with Crippen molar-refractivity contribution >= 4 is 21.8 Å². The van der Waals surface area contributed by atoms with E-state index in [1.807, 2.05) is 29.1 Å². The average molecular weight is 840 g/mol. The monoisotopic (exact) mass is 839 g/mol. The molecule has 0 saturated heterocycles. The summed E-state index contributed by atoms with van der Waals surface area (Å²) in [5.74, 6) is 2.74. The molecule has 3 aromatic heterocycles. The molecule has 6 heteroatoms. The zero-order valence-electron chi connectivity index (χ0n) is 29.8. The predicted octanol–water partition coefficient (Wildman–Crippen LogP) is 11.3. The van der Waals surface area contributed by atoms with Crippen molar-refractivity contribution < 1.29 is 25.8 Å². The molecule has 7 rings (SSSR count). The van der Waals surface area contributed by atoms with Crippen molar-refractivity contribution in [3.8, 4) is 34.1 Å². The van der Waals surface area contributed by atoms with Crippen molar-refractivity contribution in [1.29, 1.82) is 0 Å². The molecular formula is C44H44N4OPt. The molecule has 0 amide bonds. The van der Waals surface area contributed by atoms with Crippen LogP contribution in [0, 0.1) is 38.8 Å². The first-order valence-electron chi connectivity index (χ1n) is 17.6. The molecule has 0 fully saturated rings. The molecule has 0 N–H and O–H groups in total. The van der Waals surface area contributed by atoms with E-state index in [0.717, 1.165) is 75.3 Å². The Bertz CT molecular complexity index is 2260. The number of unbranched alkanes of at least 4 members (excludes halogenated alkanes) is 2. The number of hydrogen-bond acceptors (Lipinski definition) is 3. The second-order valence-corrected chi connectivity index (χ2v) is 13.7. The van der Waals surface area contributed by atoms with Crippen LogP contribution in [-0.2, 0) is 33.9 Å². The maximum Gasteiger partial charge on any atom is 2.00 e. The molecule has 5 nitrogen and oxygen atoms in total. The zero-order chi connectivity index (χ0) is 34.1. The summed E-state index contributed by atoms with van der Waals surface area (Å²) in [7, 11) is 0. The van der Waals surface area contributed by atoms with E-state index in [9.17, 15) is 0 Å². The first-order valence-corrected chi connectivity index (χ1v) is 17.6. The molecule has 7 aromatic rings. The van der Waals surface area contributed by atoms with Gasteiger partial charge in [-0.15, -0.1) is 35.7 Å². The van der Waals surface area contributed by atoms with E-state index in [2.05, 4.69) is 125 Å². The van der Waals surface area contributed by atoms with Gasteiger partial charge in [0.05, 0.1) is 5.69 Å². The maximum absolute atomic E-state index is 6.66. The van der Waals surface area contributed by atoms with Crippen LogP contribution in [0.3, 0.4) is 0 Å². The summed E-state index contributed by atoms with van der Waals surface area (Å²) in [6.07, 6.45) is 7.34. The van der Waals surface area contributed by atoms with Crippen LogP contribution in [0.1, 0.15) is 68.1 Å². The fraction of sp³-hybridized carbons (Fsp3) is 0.273. The van der Waals surface area contributed by atoms with Gasteiger partial charge in [-0.3, -0.25) is 4.68 Å². The molecule has 0 radical (unpaired) electrons. The second-order valence-electron chi connectivity index (χ2n) is 13.7. The van der Waals surface area contributed by atoms with Crippen LogP contribution in [0.2, 0.25) is 0 Å². The summed E-state index contributed by atoms with van der Waals surface area (Å²) in [4.78, 5) is 4.78. The van der Waals surface area contributed by atoms with Gasteiger partial charge in [-0.1, -0.05) is 94.4 Å². The Morgan fingerprint density at radius 3 is 2.38 bits per heavy atom. The van der Waals surface area contributed by atoms with E-state index in [0.29, 0.717) is 17.4 Å².